The number of fused-ring (bicyclic) bond motifs is 3. The van der Waals surface area contributed by atoms with Crippen molar-refractivity contribution in [2.75, 3.05) is 18.5 Å². The number of ether oxygens (including phenoxy) is 2. The second-order valence-electron chi connectivity index (χ2n) is 8.48. The van der Waals surface area contributed by atoms with Crippen LogP contribution in [0.25, 0.3) is 11.1 Å². The van der Waals surface area contributed by atoms with Crippen LogP contribution in [0.1, 0.15) is 33.8 Å². The number of carbonyl (C=O) groups excluding carboxylic acids is 2. The molecule has 2 amide bonds. The van der Waals surface area contributed by atoms with Crippen LogP contribution in [-0.2, 0) is 21.3 Å². The highest BCUT2D eigenvalue weighted by Crippen LogP contribution is 2.44. The van der Waals surface area contributed by atoms with Crippen LogP contribution >= 0.6 is 0 Å². The second-order valence-corrected chi connectivity index (χ2v) is 8.48. The molecule has 3 N–H and O–H groups in total. The summed E-state index contributed by atoms with van der Waals surface area (Å²) in [5.74, 6) is -1.66. The number of aryl methyl sites for hydroxylation is 1. The number of hydrogen-bond donors (Lipinski definition) is 3. The third-order valence-corrected chi connectivity index (χ3v) is 6.40. The summed E-state index contributed by atoms with van der Waals surface area (Å²) in [6.07, 6.45) is -0.163. The van der Waals surface area contributed by atoms with Gasteiger partial charge in [-0.1, -0.05) is 48.5 Å². The fourth-order valence-electron chi connectivity index (χ4n) is 4.71. The van der Waals surface area contributed by atoms with E-state index in [4.69, 9.17) is 9.47 Å². The Morgan fingerprint density at radius 3 is 2.43 bits per heavy atom. The van der Waals surface area contributed by atoms with E-state index in [0.29, 0.717) is 6.42 Å². The van der Waals surface area contributed by atoms with Gasteiger partial charge in [-0.15, -0.1) is 0 Å². The molecular formula is C25H24N4O6. The number of carboxylic acids is 1. The average molecular weight is 476 g/mol. The zero-order chi connectivity index (χ0) is 24.5. The Hall–Kier alpha value is -4.18. The van der Waals surface area contributed by atoms with Crippen molar-refractivity contribution < 1.29 is 29.0 Å². The van der Waals surface area contributed by atoms with Gasteiger partial charge >= 0.3 is 12.1 Å². The number of aliphatic carboxylic acids is 1. The largest absolute Gasteiger partial charge is 0.479 e. The molecule has 2 heterocycles. The van der Waals surface area contributed by atoms with Gasteiger partial charge in [0.05, 0.1) is 12.2 Å². The van der Waals surface area contributed by atoms with E-state index in [-0.39, 0.29) is 30.5 Å². The van der Waals surface area contributed by atoms with E-state index in [2.05, 4.69) is 27.9 Å². The first-order valence-corrected chi connectivity index (χ1v) is 11.2. The smallest absolute Gasteiger partial charge is 0.412 e. The lowest BCUT2D eigenvalue weighted by Crippen LogP contribution is -2.44. The van der Waals surface area contributed by atoms with Gasteiger partial charge in [-0.25, -0.2) is 9.59 Å². The van der Waals surface area contributed by atoms with E-state index < -0.39 is 30.1 Å². The molecule has 3 aromatic rings. The van der Waals surface area contributed by atoms with Gasteiger partial charge in [0.2, 0.25) is 0 Å². The zero-order valence-electron chi connectivity index (χ0n) is 18.9. The number of nitrogens with one attached hydrogen (secondary N) is 2. The molecule has 2 unspecified atom stereocenters. The molecule has 0 radical (unpaired) electrons. The van der Waals surface area contributed by atoms with Gasteiger partial charge < -0.3 is 19.9 Å². The quantitative estimate of drug-likeness (QED) is 0.498. The number of carbonyl (C=O) groups is 3. The van der Waals surface area contributed by atoms with Crippen LogP contribution in [0.2, 0.25) is 0 Å². The highest BCUT2D eigenvalue weighted by atomic mass is 16.5. The van der Waals surface area contributed by atoms with E-state index in [1.54, 1.807) is 7.05 Å². The summed E-state index contributed by atoms with van der Waals surface area (Å²) >= 11 is 0. The van der Waals surface area contributed by atoms with Crippen LogP contribution in [0.15, 0.2) is 54.7 Å². The molecule has 2 atom stereocenters. The Morgan fingerprint density at radius 2 is 1.77 bits per heavy atom. The van der Waals surface area contributed by atoms with Gasteiger partial charge in [0.25, 0.3) is 5.91 Å². The molecule has 5 rings (SSSR count). The minimum Gasteiger partial charge on any atom is -0.479 e. The Bertz CT molecular complexity index is 1260. The van der Waals surface area contributed by atoms with Gasteiger partial charge in [-0.05, 0) is 28.7 Å². The lowest BCUT2D eigenvalue weighted by molar-refractivity contribution is -0.148. The molecule has 1 aliphatic heterocycles. The molecule has 0 saturated carbocycles. The number of aromatic nitrogens is 2. The molecule has 180 valence electrons. The summed E-state index contributed by atoms with van der Waals surface area (Å²) in [4.78, 5) is 36.8. The van der Waals surface area contributed by atoms with Crippen molar-refractivity contribution >= 4 is 23.8 Å². The van der Waals surface area contributed by atoms with Gasteiger partial charge in [0, 0.05) is 19.6 Å². The second kappa shape index (κ2) is 9.22. The van der Waals surface area contributed by atoms with Gasteiger partial charge in [-0.3, -0.25) is 14.8 Å². The van der Waals surface area contributed by atoms with Crippen molar-refractivity contribution in [3.63, 3.8) is 0 Å². The Balaban J connectivity index is 1.27. The standard InChI is InChI=1S/C25H24N4O6/c1-29-22(18(12-26-29)23(30)27-20-10-11-34-21(20)24(31)32)28-25(33)35-13-19-16-8-4-2-6-14(16)15-7-3-5-9-17(15)19/h2-9,12,19-21H,10-11,13H2,1H3,(H,27,30)(H,28,33)(H,31,32). The molecule has 1 aromatic heterocycles. The zero-order valence-corrected chi connectivity index (χ0v) is 18.9. The molecule has 0 bridgehead atoms. The van der Waals surface area contributed by atoms with Crippen molar-refractivity contribution in [1.29, 1.82) is 0 Å². The topological polar surface area (TPSA) is 132 Å². The molecular weight excluding hydrogens is 452 g/mol. The predicted molar refractivity (Wildman–Crippen MR) is 125 cm³/mol. The maximum absolute atomic E-state index is 12.8. The number of anilines is 1. The normalized spacial score (nSPS) is 18.5. The number of carboxylic acid groups (broad SMARTS) is 1. The number of nitrogens with zero attached hydrogens (tertiary/aromatic N) is 2. The van der Waals surface area contributed by atoms with E-state index in [1.807, 2.05) is 36.4 Å². The monoisotopic (exact) mass is 476 g/mol. The van der Waals surface area contributed by atoms with Crippen molar-refractivity contribution in [2.24, 2.45) is 7.05 Å². The number of hydrogen-bond acceptors (Lipinski definition) is 6. The van der Waals surface area contributed by atoms with Crippen LogP contribution < -0.4 is 10.6 Å². The molecule has 1 saturated heterocycles. The van der Waals surface area contributed by atoms with Gasteiger partial charge in [-0.2, -0.15) is 5.10 Å². The first kappa shape index (κ1) is 22.6. The highest BCUT2D eigenvalue weighted by molar-refractivity contribution is 6.02. The van der Waals surface area contributed by atoms with Crippen LogP contribution in [0, 0.1) is 0 Å². The van der Waals surface area contributed by atoms with Crippen LogP contribution in [0.3, 0.4) is 0 Å². The molecule has 10 nitrogen and oxygen atoms in total. The first-order chi connectivity index (χ1) is 16.9. The molecule has 1 aliphatic carbocycles. The van der Waals surface area contributed by atoms with Gasteiger partial charge in [0.15, 0.2) is 6.10 Å². The molecule has 35 heavy (non-hydrogen) atoms. The fraction of sp³-hybridized carbons (Fsp3) is 0.280. The summed E-state index contributed by atoms with van der Waals surface area (Å²) in [5.41, 5.74) is 4.52. The fourth-order valence-corrected chi connectivity index (χ4v) is 4.71. The third kappa shape index (κ3) is 4.24. The number of benzene rings is 2. The van der Waals surface area contributed by atoms with Gasteiger partial charge in [0.1, 0.15) is 18.0 Å². The average Bonchev–Trinajstić information content (AvgIpc) is 3.54. The minimum absolute atomic E-state index is 0.0945. The van der Waals surface area contributed by atoms with Crippen molar-refractivity contribution in [3.05, 3.63) is 71.4 Å². The van der Waals surface area contributed by atoms with Crippen LogP contribution in [0.5, 0.6) is 0 Å². The molecule has 2 aromatic carbocycles. The third-order valence-electron chi connectivity index (χ3n) is 6.40. The van der Waals surface area contributed by atoms with E-state index in [1.165, 1.54) is 10.9 Å². The van der Waals surface area contributed by atoms with Crippen LogP contribution in [0.4, 0.5) is 10.6 Å². The summed E-state index contributed by atoms with van der Waals surface area (Å²) in [6.45, 7) is 0.360. The van der Waals surface area contributed by atoms with Crippen molar-refractivity contribution in [2.45, 2.75) is 24.5 Å². The Labute approximate surface area is 200 Å². The maximum atomic E-state index is 12.8. The molecule has 10 heteroatoms. The number of rotatable bonds is 6. The summed E-state index contributed by atoms with van der Waals surface area (Å²) in [5, 5.41) is 18.6. The Kier molecular flexibility index (Phi) is 5.96. The predicted octanol–water partition coefficient (Wildman–Crippen LogP) is 2.75. The van der Waals surface area contributed by atoms with E-state index >= 15 is 0 Å². The molecule has 2 aliphatic rings. The van der Waals surface area contributed by atoms with Crippen molar-refractivity contribution in [3.8, 4) is 11.1 Å². The van der Waals surface area contributed by atoms with E-state index in [9.17, 15) is 19.5 Å². The van der Waals surface area contributed by atoms with Crippen LogP contribution in [-0.4, -0.2) is 58.2 Å². The Morgan fingerprint density at radius 1 is 1.11 bits per heavy atom. The number of amides is 2. The molecule has 0 spiro atoms. The molecule has 1 fully saturated rings. The lowest BCUT2D eigenvalue weighted by Gasteiger charge is -2.17. The highest BCUT2D eigenvalue weighted by Gasteiger charge is 2.36. The van der Waals surface area contributed by atoms with Crippen molar-refractivity contribution in [1.82, 2.24) is 15.1 Å². The summed E-state index contributed by atoms with van der Waals surface area (Å²) in [6, 6.07) is 15.4. The first-order valence-electron chi connectivity index (χ1n) is 11.2. The SMILES string of the molecule is Cn1ncc(C(=O)NC2CCOC2C(=O)O)c1NC(=O)OCC1c2ccccc2-c2ccccc21. The maximum Gasteiger partial charge on any atom is 0.412 e. The lowest BCUT2D eigenvalue weighted by atomic mass is 9.98. The summed E-state index contributed by atoms with van der Waals surface area (Å²) in [7, 11) is 1.58. The minimum atomic E-state index is -1.14. The summed E-state index contributed by atoms with van der Waals surface area (Å²) < 4.78 is 12.1. The van der Waals surface area contributed by atoms with E-state index in [0.717, 1.165) is 22.3 Å².